The molecule has 0 saturated heterocycles. The van der Waals surface area contributed by atoms with Crippen molar-refractivity contribution in [3.8, 4) is 22.3 Å². The van der Waals surface area contributed by atoms with Crippen molar-refractivity contribution in [1.29, 1.82) is 0 Å². The summed E-state index contributed by atoms with van der Waals surface area (Å²) in [6.07, 6.45) is 5.04. The summed E-state index contributed by atoms with van der Waals surface area (Å²) in [6.45, 7) is 1.82. The van der Waals surface area contributed by atoms with Gasteiger partial charge >= 0.3 is 0 Å². The van der Waals surface area contributed by atoms with Crippen molar-refractivity contribution in [3.05, 3.63) is 115 Å². The maximum Gasteiger partial charge on any atom is 0.137 e. The molecule has 0 aliphatic heterocycles. The van der Waals surface area contributed by atoms with Gasteiger partial charge in [-0.25, -0.2) is 4.98 Å². The molecule has 0 saturated carbocycles. The quantitative estimate of drug-likeness (QED) is 0.316. The summed E-state index contributed by atoms with van der Waals surface area (Å²) in [4.78, 5) is 7.98. The fourth-order valence-corrected chi connectivity index (χ4v) is 3.99. The minimum absolute atomic E-state index is 0.858. The highest BCUT2D eigenvalue weighted by atomic mass is 14.8. The predicted molar refractivity (Wildman–Crippen MR) is 129 cm³/mol. The summed E-state index contributed by atoms with van der Waals surface area (Å²) in [5.41, 5.74) is 8.28. The van der Waals surface area contributed by atoms with E-state index >= 15 is 0 Å². The Labute approximate surface area is 182 Å². The van der Waals surface area contributed by atoms with E-state index in [0.29, 0.717) is 0 Å². The second-order valence-electron chi connectivity index (χ2n) is 7.80. The van der Waals surface area contributed by atoms with Crippen LogP contribution in [0, 0.1) is 0 Å². The van der Waals surface area contributed by atoms with Gasteiger partial charge in [0.05, 0.1) is 0 Å². The van der Waals surface area contributed by atoms with E-state index in [4.69, 9.17) is 0 Å². The Hall–Kier alpha value is -3.69. The van der Waals surface area contributed by atoms with E-state index in [1.165, 1.54) is 27.8 Å². The fourth-order valence-electron chi connectivity index (χ4n) is 3.99. The summed E-state index contributed by atoms with van der Waals surface area (Å²) in [5.74, 6) is 0. The summed E-state index contributed by atoms with van der Waals surface area (Å²) < 4.78 is 0. The van der Waals surface area contributed by atoms with Gasteiger partial charge in [-0.1, -0.05) is 78.9 Å². The summed E-state index contributed by atoms with van der Waals surface area (Å²) in [5, 5.41) is 4.72. The zero-order valence-electron chi connectivity index (χ0n) is 17.4. The van der Waals surface area contributed by atoms with Crippen molar-refractivity contribution in [2.24, 2.45) is 0 Å². The normalized spacial score (nSPS) is 11.1. The number of benzene rings is 3. The van der Waals surface area contributed by atoms with Crippen LogP contribution in [0.3, 0.4) is 0 Å². The minimum Gasteiger partial charge on any atom is -0.346 e. The van der Waals surface area contributed by atoms with Crippen molar-refractivity contribution in [3.63, 3.8) is 0 Å². The maximum absolute atomic E-state index is 4.65. The molecule has 2 N–H and O–H groups in total. The van der Waals surface area contributed by atoms with Gasteiger partial charge in [-0.3, -0.25) is 0 Å². The van der Waals surface area contributed by atoms with Gasteiger partial charge in [0, 0.05) is 35.5 Å². The molecular formula is C28H25N3. The van der Waals surface area contributed by atoms with Crippen LogP contribution in [0.2, 0.25) is 0 Å². The summed E-state index contributed by atoms with van der Waals surface area (Å²) in [6, 6.07) is 32.0. The molecule has 3 aromatic carbocycles. The average Bonchev–Trinajstić information content (AvgIpc) is 3.27. The SMILES string of the molecule is c1ccc(CCNCc2cccc(-c3c[nH]c4ncc(-c5ccccc5)cc34)c2)cc1. The zero-order chi connectivity index (χ0) is 20.9. The van der Waals surface area contributed by atoms with E-state index in [2.05, 4.69) is 106 Å². The average molecular weight is 404 g/mol. The highest BCUT2D eigenvalue weighted by Gasteiger charge is 2.09. The van der Waals surface area contributed by atoms with E-state index < -0.39 is 0 Å². The van der Waals surface area contributed by atoms with Crippen molar-refractivity contribution in [2.75, 3.05) is 6.54 Å². The van der Waals surface area contributed by atoms with Crippen molar-refractivity contribution >= 4 is 11.0 Å². The lowest BCUT2D eigenvalue weighted by atomic mass is 10.0. The lowest BCUT2D eigenvalue weighted by molar-refractivity contribution is 0.687. The first-order valence-electron chi connectivity index (χ1n) is 10.7. The Morgan fingerprint density at radius 3 is 2.29 bits per heavy atom. The number of hydrogen-bond donors (Lipinski definition) is 2. The Bertz CT molecular complexity index is 1270. The van der Waals surface area contributed by atoms with Crippen LogP contribution in [-0.4, -0.2) is 16.5 Å². The molecule has 31 heavy (non-hydrogen) atoms. The Balaban J connectivity index is 1.34. The lowest BCUT2D eigenvalue weighted by Gasteiger charge is -2.08. The molecule has 0 aliphatic rings. The number of rotatable bonds is 7. The van der Waals surface area contributed by atoms with Crippen LogP contribution in [0.4, 0.5) is 0 Å². The minimum atomic E-state index is 0.858. The molecule has 0 aliphatic carbocycles. The molecule has 152 valence electrons. The molecule has 5 aromatic rings. The molecule has 5 rings (SSSR count). The second-order valence-corrected chi connectivity index (χ2v) is 7.80. The number of pyridine rings is 1. The largest absolute Gasteiger partial charge is 0.346 e. The molecule has 2 heterocycles. The molecule has 3 nitrogen and oxygen atoms in total. The van der Waals surface area contributed by atoms with Crippen molar-refractivity contribution in [2.45, 2.75) is 13.0 Å². The highest BCUT2D eigenvalue weighted by molar-refractivity contribution is 5.95. The van der Waals surface area contributed by atoms with E-state index in [9.17, 15) is 0 Å². The molecule has 0 bridgehead atoms. The Morgan fingerprint density at radius 1 is 0.710 bits per heavy atom. The third-order valence-corrected chi connectivity index (χ3v) is 5.64. The molecular weight excluding hydrogens is 378 g/mol. The Kier molecular flexibility index (Phi) is 5.59. The molecule has 0 amide bonds. The molecule has 2 aromatic heterocycles. The smallest absolute Gasteiger partial charge is 0.137 e. The van der Waals surface area contributed by atoms with Gasteiger partial charge < -0.3 is 10.3 Å². The fraction of sp³-hybridized carbons (Fsp3) is 0.107. The van der Waals surface area contributed by atoms with Gasteiger partial charge in [-0.2, -0.15) is 0 Å². The first kappa shape index (κ1) is 19.3. The molecule has 0 unspecified atom stereocenters. The van der Waals surface area contributed by atoms with Crippen LogP contribution in [-0.2, 0) is 13.0 Å². The van der Waals surface area contributed by atoms with Crippen molar-refractivity contribution < 1.29 is 0 Å². The number of H-pyrrole nitrogens is 1. The number of nitrogens with zero attached hydrogens (tertiary/aromatic N) is 1. The van der Waals surface area contributed by atoms with Gasteiger partial charge in [0.1, 0.15) is 5.65 Å². The molecule has 0 spiro atoms. The second kappa shape index (κ2) is 8.99. The van der Waals surface area contributed by atoms with Gasteiger partial charge in [-0.05, 0) is 47.4 Å². The third kappa shape index (κ3) is 4.42. The molecule has 0 fully saturated rings. The molecule has 0 atom stereocenters. The van der Waals surface area contributed by atoms with Crippen LogP contribution in [0.5, 0.6) is 0 Å². The number of nitrogens with one attached hydrogen (secondary N) is 2. The molecule has 3 heteroatoms. The van der Waals surface area contributed by atoms with Gasteiger partial charge in [0.25, 0.3) is 0 Å². The van der Waals surface area contributed by atoms with Gasteiger partial charge in [0.2, 0.25) is 0 Å². The molecule has 0 radical (unpaired) electrons. The third-order valence-electron chi connectivity index (χ3n) is 5.64. The first-order chi connectivity index (χ1) is 15.4. The van der Waals surface area contributed by atoms with Gasteiger partial charge in [-0.15, -0.1) is 0 Å². The zero-order valence-corrected chi connectivity index (χ0v) is 17.4. The standard InChI is InChI=1S/C28H25N3/c1-3-8-21(9-4-1)14-15-29-18-22-10-7-13-24(16-22)27-20-31-28-26(27)17-25(19-30-28)23-11-5-2-6-12-23/h1-13,16-17,19-20,29H,14-15,18H2,(H,30,31). The highest BCUT2D eigenvalue weighted by Crippen LogP contribution is 2.31. The monoisotopic (exact) mass is 403 g/mol. The van der Waals surface area contributed by atoms with E-state index in [-0.39, 0.29) is 0 Å². The van der Waals surface area contributed by atoms with E-state index in [1.54, 1.807) is 0 Å². The topological polar surface area (TPSA) is 40.7 Å². The van der Waals surface area contributed by atoms with Crippen LogP contribution < -0.4 is 5.32 Å². The number of fused-ring (bicyclic) bond motifs is 1. The van der Waals surface area contributed by atoms with Crippen LogP contribution in [0.25, 0.3) is 33.3 Å². The predicted octanol–water partition coefficient (Wildman–Crippen LogP) is 6.23. The lowest BCUT2D eigenvalue weighted by Crippen LogP contribution is -2.16. The van der Waals surface area contributed by atoms with Crippen LogP contribution in [0.1, 0.15) is 11.1 Å². The number of aromatic amines is 1. The van der Waals surface area contributed by atoms with Crippen molar-refractivity contribution in [1.82, 2.24) is 15.3 Å². The van der Waals surface area contributed by atoms with E-state index in [0.717, 1.165) is 36.1 Å². The van der Waals surface area contributed by atoms with Crippen LogP contribution in [0.15, 0.2) is 103 Å². The first-order valence-corrected chi connectivity index (χ1v) is 10.7. The summed E-state index contributed by atoms with van der Waals surface area (Å²) in [7, 11) is 0. The summed E-state index contributed by atoms with van der Waals surface area (Å²) >= 11 is 0. The number of hydrogen-bond acceptors (Lipinski definition) is 2. The maximum atomic E-state index is 4.65. The number of aromatic nitrogens is 2. The van der Waals surface area contributed by atoms with Gasteiger partial charge in [0.15, 0.2) is 0 Å². The Morgan fingerprint density at radius 2 is 1.45 bits per heavy atom. The van der Waals surface area contributed by atoms with E-state index in [1.807, 2.05) is 12.3 Å². The van der Waals surface area contributed by atoms with Crippen LogP contribution >= 0.6 is 0 Å².